The first kappa shape index (κ1) is 88.2. The van der Waals surface area contributed by atoms with Crippen LogP contribution >= 0.6 is 0 Å². The highest BCUT2D eigenvalue weighted by Gasteiger charge is 2.53. The van der Waals surface area contributed by atoms with E-state index in [4.69, 9.17) is 28.4 Å². The monoisotopic (exact) mass is 1380 g/mol. The lowest BCUT2D eigenvalue weighted by Crippen LogP contribution is -2.66. The number of unbranched alkanes of at least 4 members (excludes halogenated alkanes) is 29. The summed E-state index contributed by atoms with van der Waals surface area (Å²) < 4.78 is 34.4. The van der Waals surface area contributed by atoms with Crippen LogP contribution in [-0.2, 0) is 33.2 Å². The van der Waals surface area contributed by atoms with Gasteiger partial charge in [0, 0.05) is 6.42 Å². The van der Waals surface area contributed by atoms with Crippen molar-refractivity contribution in [2.45, 2.75) is 375 Å². The van der Waals surface area contributed by atoms with Gasteiger partial charge in [0.15, 0.2) is 18.9 Å². The molecule has 3 saturated heterocycles. The number of nitrogens with one attached hydrogen (secondary N) is 1. The highest BCUT2D eigenvalue weighted by atomic mass is 16.8. The maximum atomic E-state index is 13.5. The zero-order chi connectivity index (χ0) is 70.4. The van der Waals surface area contributed by atoms with Crippen molar-refractivity contribution in [2.24, 2.45) is 0 Å². The van der Waals surface area contributed by atoms with Gasteiger partial charge in [-0.25, -0.2) is 0 Å². The van der Waals surface area contributed by atoms with Gasteiger partial charge in [0.05, 0.1) is 38.6 Å². The van der Waals surface area contributed by atoms with E-state index in [2.05, 4.69) is 104 Å². The lowest BCUT2D eigenvalue weighted by atomic mass is 9.96. The molecule has 12 N–H and O–H groups in total. The summed E-state index contributed by atoms with van der Waals surface area (Å²) in [5.74, 6) is -0.244. The molecule has 562 valence electrons. The van der Waals surface area contributed by atoms with Gasteiger partial charge < -0.3 is 89.9 Å². The van der Waals surface area contributed by atoms with Crippen LogP contribution in [0.15, 0.2) is 85.1 Å². The summed E-state index contributed by atoms with van der Waals surface area (Å²) in [5.41, 5.74) is 0. The Hall–Kier alpha value is -3.03. The fourth-order valence-electron chi connectivity index (χ4n) is 12.6. The number of rotatable bonds is 59. The third-order valence-electron chi connectivity index (χ3n) is 18.7. The molecule has 0 bridgehead atoms. The van der Waals surface area contributed by atoms with Gasteiger partial charge in [0.2, 0.25) is 5.91 Å². The van der Waals surface area contributed by atoms with Crippen molar-refractivity contribution in [2.75, 3.05) is 26.4 Å². The Bertz CT molecular complexity index is 2080. The van der Waals surface area contributed by atoms with Crippen LogP contribution < -0.4 is 5.32 Å². The van der Waals surface area contributed by atoms with E-state index >= 15 is 0 Å². The fraction of sp³-hybridized carbons (Fsp3) is 0.808. The first-order valence-corrected chi connectivity index (χ1v) is 38.3. The quantitative estimate of drug-likeness (QED) is 0.0199. The van der Waals surface area contributed by atoms with E-state index < -0.39 is 124 Å². The van der Waals surface area contributed by atoms with Gasteiger partial charge in [-0.05, 0) is 70.6 Å². The van der Waals surface area contributed by atoms with Gasteiger partial charge in [0.1, 0.15) is 73.2 Å². The number of aliphatic hydroxyl groups is 11. The highest BCUT2D eigenvalue weighted by molar-refractivity contribution is 5.76. The molecule has 19 nitrogen and oxygen atoms in total. The minimum absolute atomic E-state index is 0.244. The summed E-state index contributed by atoms with van der Waals surface area (Å²) in [7, 11) is 0. The maximum Gasteiger partial charge on any atom is 0.220 e. The third kappa shape index (κ3) is 39.3. The molecule has 3 heterocycles. The fourth-order valence-corrected chi connectivity index (χ4v) is 12.6. The molecule has 3 fully saturated rings. The molecule has 19 heteroatoms. The number of carbonyl (C=O) groups is 1. The third-order valence-corrected chi connectivity index (χ3v) is 18.7. The van der Waals surface area contributed by atoms with Crippen molar-refractivity contribution in [3.63, 3.8) is 0 Å². The molecule has 17 atom stereocenters. The Morgan fingerprint density at radius 1 is 0.381 bits per heavy atom. The lowest BCUT2D eigenvalue weighted by molar-refractivity contribution is -0.379. The Balaban J connectivity index is 1.33. The second-order valence-electron chi connectivity index (χ2n) is 27.1. The minimum Gasteiger partial charge on any atom is -0.394 e. The topological polar surface area (TPSA) is 307 Å². The Kier molecular flexibility index (Phi) is 53.2. The molecular formula is C78H137NO18. The predicted octanol–water partition coefficient (Wildman–Crippen LogP) is 11.8. The largest absolute Gasteiger partial charge is 0.394 e. The van der Waals surface area contributed by atoms with Crippen molar-refractivity contribution in [1.29, 1.82) is 0 Å². The van der Waals surface area contributed by atoms with Gasteiger partial charge in [-0.3, -0.25) is 4.79 Å². The molecule has 3 rings (SSSR count). The van der Waals surface area contributed by atoms with Gasteiger partial charge >= 0.3 is 0 Å². The molecule has 17 unspecified atom stereocenters. The smallest absolute Gasteiger partial charge is 0.220 e. The van der Waals surface area contributed by atoms with E-state index in [1.807, 2.05) is 0 Å². The van der Waals surface area contributed by atoms with Crippen LogP contribution in [0.5, 0.6) is 0 Å². The lowest BCUT2D eigenvalue weighted by Gasteiger charge is -2.48. The first-order chi connectivity index (χ1) is 47.3. The predicted molar refractivity (Wildman–Crippen MR) is 383 cm³/mol. The van der Waals surface area contributed by atoms with Crippen LogP contribution in [0, 0.1) is 0 Å². The molecular weight excluding hydrogens is 1240 g/mol. The van der Waals surface area contributed by atoms with Gasteiger partial charge in [-0.2, -0.15) is 0 Å². The highest BCUT2D eigenvalue weighted by Crippen LogP contribution is 2.33. The zero-order valence-corrected chi connectivity index (χ0v) is 59.8. The van der Waals surface area contributed by atoms with Crippen molar-refractivity contribution in [3.8, 4) is 0 Å². The first-order valence-electron chi connectivity index (χ1n) is 38.3. The molecule has 0 aromatic rings. The van der Waals surface area contributed by atoms with Crippen molar-refractivity contribution in [1.82, 2.24) is 5.32 Å². The van der Waals surface area contributed by atoms with Gasteiger partial charge in [-0.1, -0.05) is 279 Å². The SMILES string of the molecule is CC/C=C\C/C=C\C/C=C\C/C=C\C/C=C\C/C=C\C/C=C\CCCCCCCCCCCCCCCCCC(=O)NC(COC1OC(CO)C(OC2OC(CO)C(OC3OC(CO)C(O)C(O)C3O)C(O)C2O)C(O)C1O)C(O)CCCCCCCCCCCCCCCCC. The average Bonchev–Trinajstić information content (AvgIpc) is 0.789. The summed E-state index contributed by atoms with van der Waals surface area (Å²) in [6.07, 6.45) is 49.6. The van der Waals surface area contributed by atoms with Crippen molar-refractivity contribution in [3.05, 3.63) is 85.1 Å². The molecule has 3 aliphatic heterocycles. The minimum atomic E-state index is -1.97. The van der Waals surface area contributed by atoms with E-state index in [-0.39, 0.29) is 18.9 Å². The molecule has 0 aromatic heterocycles. The van der Waals surface area contributed by atoms with E-state index in [9.17, 15) is 61.0 Å². The van der Waals surface area contributed by atoms with Crippen LogP contribution in [0.2, 0.25) is 0 Å². The Morgan fingerprint density at radius 2 is 0.711 bits per heavy atom. The maximum absolute atomic E-state index is 13.5. The summed E-state index contributed by atoms with van der Waals surface area (Å²) >= 11 is 0. The summed E-state index contributed by atoms with van der Waals surface area (Å²) in [6.45, 7) is 1.69. The zero-order valence-electron chi connectivity index (χ0n) is 59.8. The van der Waals surface area contributed by atoms with E-state index in [1.165, 1.54) is 141 Å². The molecule has 0 spiro atoms. The molecule has 3 aliphatic rings. The number of ether oxygens (including phenoxy) is 6. The molecule has 97 heavy (non-hydrogen) atoms. The summed E-state index contributed by atoms with van der Waals surface area (Å²) in [4.78, 5) is 13.5. The molecule has 0 saturated carbocycles. The molecule has 1 amide bonds. The molecule has 0 aliphatic carbocycles. The number of allylic oxidation sites excluding steroid dienone is 14. The Morgan fingerprint density at radius 3 is 1.11 bits per heavy atom. The summed E-state index contributed by atoms with van der Waals surface area (Å²) in [5, 5.41) is 121. The second-order valence-corrected chi connectivity index (χ2v) is 27.1. The molecule has 0 aromatic carbocycles. The van der Waals surface area contributed by atoms with E-state index in [1.54, 1.807) is 0 Å². The van der Waals surface area contributed by atoms with Crippen LogP contribution in [0.1, 0.15) is 271 Å². The summed E-state index contributed by atoms with van der Waals surface area (Å²) in [6, 6.07) is -0.891. The Labute approximate surface area is 584 Å². The second kappa shape index (κ2) is 58.5. The normalized spacial score (nSPS) is 27.4. The van der Waals surface area contributed by atoms with Gasteiger partial charge in [-0.15, -0.1) is 0 Å². The van der Waals surface area contributed by atoms with Gasteiger partial charge in [0.25, 0.3) is 0 Å². The number of aliphatic hydroxyl groups excluding tert-OH is 11. The standard InChI is InChI=1S/C78H137NO18/c1-3-5-7-9-11-13-15-17-19-20-21-22-23-24-25-26-27-28-29-30-31-32-33-34-35-36-37-38-39-40-42-44-46-48-50-52-54-56-66(84)79-61(62(83)55-53-51-49-47-45-43-41-18-16-14-12-10-8-6-4-2)60-92-76-72(90)69(87)74(64(58-81)94-76)97-78-73(91)70(88)75(65(59-82)95-78)96-77-71(89)68(86)67(85)63(57-80)93-77/h5,7,11,13,17,19,21-22,24-25,27-28,30-31,61-65,67-78,80-83,85-91H,3-4,6,8-10,12,14-16,18,20,23,26,29,32-60H2,1-2H3,(H,79,84)/b7-5-,13-11-,19-17-,22-21-,25-24-,28-27-,31-30-. The number of carbonyl (C=O) groups excluding carboxylic acids is 1. The van der Waals surface area contributed by atoms with Crippen LogP contribution in [-0.4, -0.2) is 193 Å². The van der Waals surface area contributed by atoms with E-state index in [0.29, 0.717) is 12.8 Å². The number of amides is 1. The van der Waals surface area contributed by atoms with Crippen molar-refractivity contribution < 1.29 is 89.4 Å². The van der Waals surface area contributed by atoms with Crippen LogP contribution in [0.3, 0.4) is 0 Å². The van der Waals surface area contributed by atoms with Crippen LogP contribution in [0.25, 0.3) is 0 Å². The average molecular weight is 1380 g/mol. The number of hydrogen-bond acceptors (Lipinski definition) is 18. The van der Waals surface area contributed by atoms with Crippen molar-refractivity contribution >= 4 is 5.91 Å². The number of hydrogen-bond donors (Lipinski definition) is 12. The molecule has 0 radical (unpaired) electrons. The van der Waals surface area contributed by atoms with E-state index in [0.717, 1.165) is 96.3 Å². The van der Waals surface area contributed by atoms with Crippen LogP contribution in [0.4, 0.5) is 0 Å².